The molecule has 1 atom stereocenters. The van der Waals surface area contributed by atoms with Gasteiger partial charge in [-0.2, -0.15) is 5.10 Å². The number of anilines is 1. The van der Waals surface area contributed by atoms with Crippen LogP contribution in [-0.4, -0.2) is 34.1 Å². The monoisotopic (exact) mass is 264 g/mol. The van der Waals surface area contributed by atoms with Gasteiger partial charge in [0.2, 0.25) is 0 Å². The van der Waals surface area contributed by atoms with Crippen LogP contribution < -0.4 is 5.73 Å². The summed E-state index contributed by atoms with van der Waals surface area (Å²) in [6.45, 7) is 5.74. The number of amides is 1. The highest BCUT2D eigenvalue weighted by Gasteiger charge is 2.25. The van der Waals surface area contributed by atoms with Gasteiger partial charge in [0.05, 0.1) is 0 Å². The van der Waals surface area contributed by atoms with Crippen molar-refractivity contribution in [3.05, 3.63) is 11.3 Å². The molecule has 5 heteroatoms. The van der Waals surface area contributed by atoms with E-state index in [0.717, 1.165) is 37.5 Å². The molecular weight excluding hydrogens is 240 g/mol. The fraction of sp³-hybridized carbons (Fsp3) is 0.714. The minimum absolute atomic E-state index is 0.0286. The third-order valence-corrected chi connectivity index (χ3v) is 4.02. The molecule has 1 aromatic rings. The lowest BCUT2D eigenvalue weighted by Gasteiger charge is -2.20. The van der Waals surface area contributed by atoms with Crippen molar-refractivity contribution >= 4 is 11.7 Å². The van der Waals surface area contributed by atoms with E-state index in [1.165, 1.54) is 19.3 Å². The van der Waals surface area contributed by atoms with Gasteiger partial charge in [-0.15, -0.1) is 0 Å². The quantitative estimate of drug-likeness (QED) is 0.880. The summed E-state index contributed by atoms with van der Waals surface area (Å²) in [5, 5.41) is 6.68. The maximum Gasteiger partial charge on any atom is 0.259 e. The molecule has 1 saturated heterocycles. The molecule has 1 aliphatic heterocycles. The summed E-state index contributed by atoms with van der Waals surface area (Å²) in [6.07, 6.45) is 5.93. The summed E-state index contributed by atoms with van der Waals surface area (Å²) in [5.74, 6) is 1.11. The fourth-order valence-corrected chi connectivity index (χ4v) is 2.94. The van der Waals surface area contributed by atoms with Crippen LogP contribution in [0.1, 0.15) is 55.1 Å². The topological polar surface area (TPSA) is 75.0 Å². The molecule has 5 nitrogen and oxygen atoms in total. The van der Waals surface area contributed by atoms with Gasteiger partial charge in [0.1, 0.15) is 5.56 Å². The highest BCUT2D eigenvalue weighted by Crippen LogP contribution is 2.24. The molecule has 19 heavy (non-hydrogen) atoms. The molecule has 1 aliphatic rings. The van der Waals surface area contributed by atoms with Crippen molar-refractivity contribution in [2.24, 2.45) is 5.92 Å². The third-order valence-electron chi connectivity index (χ3n) is 4.02. The number of carbonyl (C=O) groups excluding carboxylic acids is 1. The molecule has 106 valence electrons. The SMILES string of the molecule is CCCC1CCCN(C(=O)c2c(N)n[nH]c2C)CC1. The number of aryl methyl sites for hydroxylation is 1. The van der Waals surface area contributed by atoms with Crippen LogP contribution in [0, 0.1) is 12.8 Å². The number of hydrogen-bond donors (Lipinski definition) is 2. The molecule has 2 heterocycles. The zero-order valence-corrected chi connectivity index (χ0v) is 11.9. The van der Waals surface area contributed by atoms with Crippen LogP contribution in [0.2, 0.25) is 0 Å². The van der Waals surface area contributed by atoms with Gasteiger partial charge in [-0.3, -0.25) is 9.89 Å². The summed E-state index contributed by atoms with van der Waals surface area (Å²) in [5.41, 5.74) is 7.08. The maximum atomic E-state index is 12.5. The van der Waals surface area contributed by atoms with Crippen molar-refractivity contribution in [2.45, 2.75) is 46.0 Å². The van der Waals surface area contributed by atoms with Gasteiger partial charge in [-0.1, -0.05) is 19.8 Å². The Balaban J connectivity index is 2.04. The molecule has 0 radical (unpaired) electrons. The van der Waals surface area contributed by atoms with E-state index in [-0.39, 0.29) is 5.91 Å². The van der Waals surface area contributed by atoms with Gasteiger partial charge < -0.3 is 10.6 Å². The van der Waals surface area contributed by atoms with E-state index in [4.69, 9.17) is 5.73 Å². The molecule has 0 aliphatic carbocycles. The minimum atomic E-state index is 0.0286. The fourth-order valence-electron chi connectivity index (χ4n) is 2.94. The van der Waals surface area contributed by atoms with Gasteiger partial charge in [-0.25, -0.2) is 0 Å². The van der Waals surface area contributed by atoms with Gasteiger partial charge in [0.15, 0.2) is 5.82 Å². The Morgan fingerprint density at radius 1 is 1.47 bits per heavy atom. The summed E-state index contributed by atoms with van der Waals surface area (Å²) in [6, 6.07) is 0. The Hall–Kier alpha value is -1.52. The number of hydrogen-bond acceptors (Lipinski definition) is 3. The second kappa shape index (κ2) is 6.08. The molecular formula is C14H24N4O. The molecule has 1 aromatic heterocycles. The lowest BCUT2D eigenvalue weighted by atomic mass is 9.96. The first kappa shape index (κ1) is 13.9. The molecule has 1 fully saturated rings. The van der Waals surface area contributed by atoms with E-state index >= 15 is 0 Å². The predicted octanol–water partition coefficient (Wildman–Crippen LogP) is 2.34. The normalized spacial score (nSPS) is 20.3. The Morgan fingerprint density at radius 2 is 2.26 bits per heavy atom. The number of aromatic nitrogens is 2. The van der Waals surface area contributed by atoms with Crippen molar-refractivity contribution in [3.8, 4) is 0 Å². The van der Waals surface area contributed by atoms with Crippen molar-refractivity contribution in [1.29, 1.82) is 0 Å². The molecule has 0 saturated carbocycles. The molecule has 3 N–H and O–H groups in total. The minimum Gasteiger partial charge on any atom is -0.382 e. The van der Waals surface area contributed by atoms with E-state index in [2.05, 4.69) is 17.1 Å². The van der Waals surface area contributed by atoms with Crippen LogP contribution in [0.25, 0.3) is 0 Å². The van der Waals surface area contributed by atoms with Gasteiger partial charge >= 0.3 is 0 Å². The van der Waals surface area contributed by atoms with Gasteiger partial charge in [0.25, 0.3) is 5.91 Å². The van der Waals surface area contributed by atoms with E-state index in [1.54, 1.807) is 0 Å². The first-order chi connectivity index (χ1) is 9.13. The number of nitrogens with one attached hydrogen (secondary N) is 1. The van der Waals surface area contributed by atoms with Crippen LogP contribution >= 0.6 is 0 Å². The highest BCUT2D eigenvalue weighted by atomic mass is 16.2. The number of aromatic amines is 1. The molecule has 0 spiro atoms. The second-order valence-electron chi connectivity index (χ2n) is 5.49. The number of nitrogens with two attached hydrogens (primary N) is 1. The van der Waals surface area contributed by atoms with Crippen molar-refractivity contribution < 1.29 is 4.79 Å². The summed E-state index contributed by atoms with van der Waals surface area (Å²) in [7, 11) is 0. The average Bonchev–Trinajstić information content (AvgIpc) is 2.61. The molecule has 1 unspecified atom stereocenters. The smallest absolute Gasteiger partial charge is 0.259 e. The van der Waals surface area contributed by atoms with Crippen LogP contribution in [0.5, 0.6) is 0 Å². The summed E-state index contributed by atoms with van der Waals surface area (Å²) < 4.78 is 0. The Labute approximate surface area is 114 Å². The molecule has 0 bridgehead atoms. The Bertz CT molecular complexity index is 421. The zero-order valence-electron chi connectivity index (χ0n) is 11.9. The van der Waals surface area contributed by atoms with E-state index < -0.39 is 0 Å². The summed E-state index contributed by atoms with van der Waals surface area (Å²) in [4.78, 5) is 14.4. The highest BCUT2D eigenvalue weighted by molar-refractivity contribution is 5.99. The number of likely N-dealkylation sites (tertiary alicyclic amines) is 1. The Morgan fingerprint density at radius 3 is 2.89 bits per heavy atom. The molecule has 0 aromatic carbocycles. The van der Waals surface area contributed by atoms with E-state index in [0.29, 0.717) is 11.4 Å². The van der Waals surface area contributed by atoms with Crippen molar-refractivity contribution in [1.82, 2.24) is 15.1 Å². The average molecular weight is 264 g/mol. The zero-order chi connectivity index (χ0) is 13.8. The van der Waals surface area contributed by atoms with Crippen molar-refractivity contribution in [2.75, 3.05) is 18.8 Å². The van der Waals surface area contributed by atoms with Crippen LogP contribution in [0.3, 0.4) is 0 Å². The van der Waals surface area contributed by atoms with Crippen molar-refractivity contribution in [3.63, 3.8) is 0 Å². The van der Waals surface area contributed by atoms with E-state index in [9.17, 15) is 4.79 Å². The van der Waals surface area contributed by atoms with Gasteiger partial charge in [0, 0.05) is 18.8 Å². The first-order valence-electron chi connectivity index (χ1n) is 7.23. The number of rotatable bonds is 3. The largest absolute Gasteiger partial charge is 0.382 e. The number of carbonyl (C=O) groups is 1. The number of nitrogen functional groups attached to an aromatic ring is 1. The lowest BCUT2D eigenvalue weighted by Crippen LogP contribution is -2.32. The Kier molecular flexibility index (Phi) is 4.45. The van der Waals surface area contributed by atoms with Crippen LogP contribution in [0.15, 0.2) is 0 Å². The molecule has 2 rings (SSSR count). The number of H-pyrrole nitrogens is 1. The standard InChI is InChI=1S/C14H24N4O/c1-3-5-11-6-4-8-18(9-7-11)14(19)12-10(2)16-17-13(12)15/h11H,3-9H2,1-2H3,(H3,15,16,17). The van der Waals surface area contributed by atoms with Gasteiger partial charge in [-0.05, 0) is 32.1 Å². The van der Waals surface area contributed by atoms with Crippen LogP contribution in [-0.2, 0) is 0 Å². The second-order valence-corrected chi connectivity index (χ2v) is 5.49. The number of nitrogens with zero attached hydrogens (tertiary/aromatic N) is 2. The molecule has 1 amide bonds. The maximum absolute atomic E-state index is 12.5. The van der Waals surface area contributed by atoms with Crippen LogP contribution in [0.4, 0.5) is 5.82 Å². The predicted molar refractivity (Wildman–Crippen MR) is 75.9 cm³/mol. The summed E-state index contributed by atoms with van der Waals surface area (Å²) >= 11 is 0. The van der Waals surface area contributed by atoms with E-state index in [1.807, 2.05) is 11.8 Å². The lowest BCUT2D eigenvalue weighted by molar-refractivity contribution is 0.0760. The first-order valence-corrected chi connectivity index (χ1v) is 7.23. The third kappa shape index (κ3) is 3.08.